The molecule has 2 rings (SSSR count). The Morgan fingerprint density at radius 3 is 2.25 bits per heavy atom. The number of halogens is 2. The average Bonchev–Trinajstić information content (AvgIpc) is 2.59. The van der Waals surface area contributed by atoms with Crippen LogP contribution in [0, 0.1) is 0 Å². The van der Waals surface area contributed by atoms with Crippen molar-refractivity contribution in [2.24, 2.45) is 0 Å². The number of rotatable bonds is 3. The second kappa shape index (κ2) is 5.15. The molecule has 0 aliphatic carbocycles. The molecule has 0 saturated carbocycles. The highest BCUT2D eigenvalue weighted by atomic mass is 79.9. The fraction of sp³-hybridized carbons (Fsp3) is 0.250. The fourth-order valence-electron chi connectivity index (χ4n) is 1.53. The van der Waals surface area contributed by atoms with E-state index < -0.39 is 0 Å². The first-order valence-electron chi connectivity index (χ1n) is 5.15. The van der Waals surface area contributed by atoms with Gasteiger partial charge in [0, 0.05) is 6.07 Å². The molecule has 0 bridgehead atoms. The summed E-state index contributed by atoms with van der Waals surface area (Å²) in [6.45, 7) is 2.95. The van der Waals surface area contributed by atoms with Crippen molar-refractivity contribution in [2.75, 3.05) is 0 Å². The molecule has 0 atom stereocenters. The quantitative estimate of drug-likeness (QED) is 0.823. The Morgan fingerprint density at radius 2 is 1.75 bits per heavy atom. The van der Waals surface area contributed by atoms with Gasteiger partial charge in [0.1, 0.15) is 9.21 Å². The molecule has 2 aromatic rings. The van der Waals surface area contributed by atoms with Crippen LogP contribution < -0.4 is 0 Å². The van der Waals surface area contributed by atoms with Gasteiger partial charge in [0.15, 0.2) is 0 Å². The third-order valence-electron chi connectivity index (χ3n) is 2.46. The Kier molecular flexibility index (Phi) is 3.82. The lowest BCUT2D eigenvalue weighted by Gasteiger charge is -2.04. The van der Waals surface area contributed by atoms with Gasteiger partial charge in [-0.05, 0) is 49.4 Å². The van der Waals surface area contributed by atoms with E-state index in [1.165, 1.54) is 11.1 Å². The van der Waals surface area contributed by atoms with Crippen LogP contribution in [0.15, 0.2) is 39.5 Å². The molecule has 1 aromatic carbocycles. The maximum absolute atomic E-state index is 4.33. The van der Waals surface area contributed by atoms with Crippen LogP contribution in [-0.2, 0) is 13.0 Å². The van der Waals surface area contributed by atoms with E-state index in [-0.39, 0.29) is 0 Å². The van der Waals surface area contributed by atoms with Crippen molar-refractivity contribution >= 4 is 31.9 Å². The van der Waals surface area contributed by atoms with E-state index in [1.54, 1.807) is 0 Å². The third-order valence-corrected chi connectivity index (χ3v) is 3.49. The standard InChI is InChI=1S/C12H12Br2N2/c1-2-9-3-5-10(6-4-9)8-16-12(14)7-11(13)15-16/h3-7H,2,8H2,1H3. The molecule has 1 heterocycles. The largest absolute Gasteiger partial charge is 0.253 e. The van der Waals surface area contributed by atoms with Crippen LogP contribution in [-0.4, -0.2) is 9.78 Å². The van der Waals surface area contributed by atoms with Gasteiger partial charge >= 0.3 is 0 Å². The van der Waals surface area contributed by atoms with Crippen LogP contribution in [0.2, 0.25) is 0 Å². The number of hydrogen-bond donors (Lipinski definition) is 0. The molecule has 0 saturated heterocycles. The number of hydrogen-bond acceptors (Lipinski definition) is 1. The van der Waals surface area contributed by atoms with Crippen LogP contribution in [0.25, 0.3) is 0 Å². The summed E-state index contributed by atoms with van der Waals surface area (Å²) >= 11 is 6.83. The van der Waals surface area contributed by atoms with Crippen molar-refractivity contribution in [3.8, 4) is 0 Å². The zero-order valence-corrected chi connectivity index (χ0v) is 12.1. The molecule has 4 heteroatoms. The van der Waals surface area contributed by atoms with Crippen molar-refractivity contribution < 1.29 is 0 Å². The molecule has 0 amide bonds. The van der Waals surface area contributed by atoms with E-state index in [0.29, 0.717) is 0 Å². The Balaban J connectivity index is 2.17. The highest BCUT2D eigenvalue weighted by molar-refractivity contribution is 9.11. The summed E-state index contributed by atoms with van der Waals surface area (Å²) in [5, 5.41) is 4.33. The summed E-state index contributed by atoms with van der Waals surface area (Å²) in [6.07, 6.45) is 1.08. The molecule has 84 valence electrons. The number of benzene rings is 1. The molecule has 16 heavy (non-hydrogen) atoms. The molecule has 0 fully saturated rings. The van der Waals surface area contributed by atoms with Gasteiger partial charge in [0.25, 0.3) is 0 Å². The van der Waals surface area contributed by atoms with Crippen LogP contribution in [0.3, 0.4) is 0 Å². The van der Waals surface area contributed by atoms with Crippen molar-refractivity contribution in [2.45, 2.75) is 19.9 Å². The highest BCUT2D eigenvalue weighted by Crippen LogP contribution is 2.18. The first kappa shape index (κ1) is 11.9. The van der Waals surface area contributed by atoms with Crippen molar-refractivity contribution in [3.63, 3.8) is 0 Å². The Bertz CT molecular complexity index is 474. The van der Waals surface area contributed by atoms with Crippen molar-refractivity contribution in [1.29, 1.82) is 0 Å². The molecular formula is C12H12Br2N2. The topological polar surface area (TPSA) is 17.8 Å². The van der Waals surface area contributed by atoms with Gasteiger partial charge in [-0.2, -0.15) is 5.10 Å². The molecule has 0 radical (unpaired) electrons. The zero-order chi connectivity index (χ0) is 11.5. The molecule has 0 spiro atoms. The summed E-state index contributed by atoms with van der Waals surface area (Å²) in [4.78, 5) is 0. The molecule has 0 unspecified atom stereocenters. The lowest BCUT2D eigenvalue weighted by molar-refractivity contribution is 0.667. The number of aromatic nitrogens is 2. The molecule has 0 aliphatic rings. The monoisotopic (exact) mass is 342 g/mol. The fourth-order valence-corrected chi connectivity index (χ4v) is 2.67. The van der Waals surface area contributed by atoms with Gasteiger partial charge in [-0.3, -0.25) is 4.68 Å². The second-order valence-corrected chi connectivity index (χ2v) is 5.24. The predicted octanol–water partition coefficient (Wildman–Crippen LogP) is 4.02. The minimum absolute atomic E-state index is 0.788. The van der Waals surface area contributed by atoms with Crippen molar-refractivity contribution in [1.82, 2.24) is 9.78 Å². The van der Waals surface area contributed by atoms with Crippen LogP contribution in [0.4, 0.5) is 0 Å². The maximum Gasteiger partial charge on any atom is 0.129 e. The zero-order valence-electron chi connectivity index (χ0n) is 8.95. The van der Waals surface area contributed by atoms with E-state index in [2.05, 4.69) is 68.1 Å². The predicted molar refractivity (Wildman–Crippen MR) is 72.5 cm³/mol. The average molecular weight is 344 g/mol. The molecular weight excluding hydrogens is 332 g/mol. The highest BCUT2D eigenvalue weighted by Gasteiger charge is 2.03. The van der Waals surface area contributed by atoms with Crippen LogP contribution in [0.5, 0.6) is 0 Å². The second-order valence-electron chi connectivity index (χ2n) is 3.62. The Labute approximate surface area is 112 Å². The van der Waals surface area contributed by atoms with E-state index in [4.69, 9.17) is 0 Å². The Hall–Kier alpha value is -0.610. The number of aryl methyl sites for hydroxylation is 1. The maximum atomic E-state index is 4.33. The first-order valence-corrected chi connectivity index (χ1v) is 6.74. The molecule has 1 aromatic heterocycles. The van der Waals surface area contributed by atoms with E-state index in [0.717, 1.165) is 22.2 Å². The normalized spacial score (nSPS) is 10.7. The van der Waals surface area contributed by atoms with E-state index >= 15 is 0 Å². The van der Waals surface area contributed by atoms with Gasteiger partial charge in [-0.15, -0.1) is 0 Å². The Morgan fingerprint density at radius 1 is 1.12 bits per heavy atom. The van der Waals surface area contributed by atoms with Gasteiger partial charge in [0.2, 0.25) is 0 Å². The van der Waals surface area contributed by atoms with Gasteiger partial charge in [-0.25, -0.2) is 0 Å². The lowest BCUT2D eigenvalue weighted by atomic mass is 10.1. The summed E-state index contributed by atoms with van der Waals surface area (Å²) in [7, 11) is 0. The SMILES string of the molecule is CCc1ccc(Cn2nc(Br)cc2Br)cc1. The first-order chi connectivity index (χ1) is 7.69. The molecule has 2 nitrogen and oxygen atoms in total. The third kappa shape index (κ3) is 2.74. The lowest BCUT2D eigenvalue weighted by Crippen LogP contribution is -2.01. The minimum Gasteiger partial charge on any atom is -0.253 e. The van der Waals surface area contributed by atoms with Crippen LogP contribution in [0.1, 0.15) is 18.1 Å². The van der Waals surface area contributed by atoms with Gasteiger partial charge in [0.05, 0.1) is 6.54 Å². The number of nitrogens with zero attached hydrogens (tertiary/aromatic N) is 2. The molecule has 0 N–H and O–H groups in total. The summed E-state index contributed by atoms with van der Waals surface area (Å²) in [5.74, 6) is 0. The smallest absolute Gasteiger partial charge is 0.129 e. The summed E-state index contributed by atoms with van der Waals surface area (Å²) in [5.41, 5.74) is 2.62. The van der Waals surface area contributed by atoms with E-state index in [9.17, 15) is 0 Å². The minimum atomic E-state index is 0.788. The summed E-state index contributed by atoms with van der Waals surface area (Å²) in [6, 6.07) is 10.6. The summed E-state index contributed by atoms with van der Waals surface area (Å²) < 4.78 is 3.76. The van der Waals surface area contributed by atoms with Crippen molar-refractivity contribution in [3.05, 3.63) is 50.7 Å². The van der Waals surface area contributed by atoms with Gasteiger partial charge in [-0.1, -0.05) is 31.2 Å². The van der Waals surface area contributed by atoms with Gasteiger partial charge < -0.3 is 0 Å². The van der Waals surface area contributed by atoms with Crippen LogP contribution >= 0.6 is 31.9 Å². The van der Waals surface area contributed by atoms with E-state index in [1.807, 2.05) is 10.7 Å². The molecule has 0 aliphatic heterocycles.